The molecule has 0 aromatic heterocycles. The molecule has 0 saturated heterocycles. The highest BCUT2D eigenvalue weighted by molar-refractivity contribution is 7.99. The zero-order chi connectivity index (χ0) is 38.5. The Kier molecular flexibility index (Phi) is 19.5. The van der Waals surface area contributed by atoms with E-state index in [9.17, 15) is 21.9 Å². The van der Waals surface area contributed by atoms with Gasteiger partial charge in [-0.05, 0) is 98.1 Å². The van der Waals surface area contributed by atoms with E-state index >= 15 is 0 Å². The summed E-state index contributed by atoms with van der Waals surface area (Å²) in [5.41, 5.74) is -0.0271. The van der Waals surface area contributed by atoms with Gasteiger partial charge in [-0.25, -0.2) is 16.8 Å². The maximum absolute atomic E-state index is 13.5. The molecule has 0 aliphatic heterocycles. The lowest BCUT2D eigenvalue weighted by molar-refractivity contribution is 0.0943. The molecule has 0 fully saturated rings. The van der Waals surface area contributed by atoms with Gasteiger partial charge >= 0.3 is 0 Å². The van der Waals surface area contributed by atoms with Crippen LogP contribution in [-0.4, -0.2) is 28.0 Å². The molecule has 0 radical (unpaired) electrons. The third kappa shape index (κ3) is 14.6. The molecule has 0 bridgehead atoms. The second-order valence-corrected chi connectivity index (χ2v) is 15.0. The highest BCUT2D eigenvalue weighted by Gasteiger charge is 2.22. The molecular formula is C41H50O7S2. The topological polar surface area (TPSA) is 107 Å². The maximum Gasteiger partial charge on any atom is 0.206 e. The second kappa shape index (κ2) is 21.8. The molecule has 0 amide bonds. The number of ether oxygens (including phenoxy) is 2. The summed E-state index contributed by atoms with van der Waals surface area (Å²) in [6.07, 6.45) is 23.6. The molecule has 9 heteroatoms. The Hall–Kier alpha value is -5.12. The van der Waals surface area contributed by atoms with Gasteiger partial charge in [0.05, 0.1) is 25.7 Å². The van der Waals surface area contributed by atoms with Crippen LogP contribution in [0, 0.1) is 5.41 Å². The van der Waals surface area contributed by atoms with Gasteiger partial charge in [-0.3, -0.25) is 0 Å². The van der Waals surface area contributed by atoms with Crippen LogP contribution < -0.4 is 0 Å². The van der Waals surface area contributed by atoms with Crippen molar-refractivity contribution >= 4 is 19.7 Å². The van der Waals surface area contributed by atoms with Gasteiger partial charge < -0.3 is 14.6 Å². The first kappa shape index (κ1) is 44.9. The first-order chi connectivity index (χ1) is 23.5. The number of hydrogen-bond acceptors (Lipinski definition) is 7. The van der Waals surface area contributed by atoms with Crippen molar-refractivity contribution in [1.82, 2.24) is 0 Å². The zero-order valence-electron chi connectivity index (χ0n) is 29.4. The summed E-state index contributed by atoms with van der Waals surface area (Å²) in [6, 6.07) is 0. The van der Waals surface area contributed by atoms with Crippen molar-refractivity contribution in [2.45, 2.75) is 39.7 Å². The van der Waals surface area contributed by atoms with Crippen molar-refractivity contribution in [3.8, 4) is 0 Å². The molecule has 0 rings (SSSR count). The normalized spacial score (nSPS) is 15.3. The Balaban J connectivity index is 6.53. The van der Waals surface area contributed by atoms with E-state index in [4.69, 9.17) is 9.47 Å². The lowest BCUT2D eigenvalue weighted by Crippen LogP contribution is -2.20. The average Bonchev–Trinajstić information content (AvgIpc) is 3.06. The van der Waals surface area contributed by atoms with E-state index in [1.807, 2.05) is 13.0 Å². The van der Waals surface area contributed by atoms with Gasteiger partial charge in [0.1, 0.15) is 23.0 Å². The summed E-state index contributed by atoms with van der Waals surface area (Å²) in [4.78, 5) is -0.671. The Morgan fingerprint density at radius 3 is 1.26 bits per heavy atom. The standard InChI is InChI=1S/C41H50O7S2/c1-13-30-41(11,12)31-32(10)47-34(15-3)23-27-38(19-7)50(45,46)40(21-9)29-25-36(17-5)48-35(16-4)24-28-39(20-8)49(43,44)37(18-6)26-22-33(42)14-2/h13-29,32,42H,1-9,30-31H2,10-12H3/b33-22+,34-23+,35-24+,36-25+,37-26+,38-27+,39-28+,40-29+. The molecule has 1 atom stereocenters. The number of allylic oxidation sites excluding steroid dienone is 17. The summed E-state index contributed by atoms with van der Waals surface area (Å²) < 4.78 is 65.1. The molecule has 0 aliphatic rings. The van der Waals surface area contributed by atoms with Gasteiger partial charge in [0.2, 0.25) is 19.7 Å². The Morgan fingerprint density at radius 2 is 0.940 bits per heavy atom. The highest BCUT2D eigenvalue weighted by Crippen LogP contribution is 2.29. The van der Waals surface area contributed by atoms with Gasteiger partial charge in [0, 0.05) is 0 Å². The van der Waals surface area contributed by atoms with Crippen molar-refractivity contribution < 1.29 is 31.4 Å². The lowest BCUT2D eigenvalue weighted by Gasteiger charge is -2.27. The molecule has 1 unspecified atom stereocenters. The van der Waals surface area contributed by atoms with Crippen LogP contribution in [0.4, 0.5) is 0 Å². The van der Waals surface area contributed by atoms with E-state index in [0.29, 0.717) is 5.76 Å². The minimum absolute atomic E-state index is 0.0271. The molecule has 0 spiro atoms. The predicted molar refractivity (Wildman–Crippen MR) is 212 cm³/mol. The van der Waals surface area contributed by atoms with Crippen LogP contribution in [0.5, 0.6) is 0 Å². The Morgan fingerprint density at radius 1 is 0.580 bits per heavy atom. The molecule has 0 aromatic rings. The summed E-state index contributed by atoms with van der Waals surface area (Å²) in [7, 11) is -8.17. The highest BCUT2D eigenvalue weighted by atomic mass is 32.2. The Labute approximate surface area is 300 Å². The summed E-state index contributed by atoms with van der Waals surface area (Å²) >= 11 is 0. The smallest absolute Gasteiger partial charge is 0.206 e. The van der Waals surface area contributed by atoms with E-state index < -0.39 is 19.7 Å². The maximum atomic E-state index is 13.5. The largest absolute Gasteiger partial charge is 0.508 e. The van der Waals surface area contributed by atoms with Gasteiger partial charge in [-0.15, -0.1) is 6.58 Å². The van der Waals surface area contributed by atoms with Gasteiger partial charge in [0.15, 0.2) is 0 Å². The van der Waals surface area contributed by atoms with Crippen molar-refractivity contribution in [1.29, 1.82) is 0 Å². The van der Waals surface area contributed by atoms with Crippen LogP contribution in [0.25, 0.3) is 0 Å². The minimum atomic E-state index is -4.09. The first-order valence-electron chi connectivity index (χ1n) is 15.3. The zero-order valence-corrected chi connectivity index (χ0v) is 31.0. The Bertz CT molecular complexity index is 1810. The third-order valence-electron chi connectivity index (χ3n) is 6.62. The molecule has 0 aliphatic carbocycles. The van der Waals surface area contributed by atoms with Crippen LogP contribution >= 0.6 is 0 Å². The van der Waals surface area contributed by atoms with Crippen LogP contribution in [-0.2, 0) is 29.1 Å². The molecule has 0 heterocycles. The van der Waals surface area contributed by atoms with Crippen molar-refractivity contribution in [2.24, 2.45) is 5.41 Å². The van der Waals surface area contributed by atoms with Crippen LogP contribution in [0.3, 0.4) is 0 Å². The number of sulfone groups is 2. The molecule has 268 valence electrons. The van der Waals surface area contributed by atoms with E-state index in [1.54, 1.807) is 0 Å². The van der Waals surface area contributed by atoms with E-state index in [-0.39, 0.29) is 48.4 Å². The number of hydrogen-bond donors (Lipinski definition) is 1. The quantitative estimate of drug-likeness (QED) is 0.0601. The van der Waals surface area contributed by atoms with E-state index in [2.05, 4.69) is 73.1 Å². The fraction of sp³-hybridized carbons (Fsp3) is 0.171. The summed E-state index contributed by atoms with van der Waals surface area (Å²) in [6.45, 7) is 39.0. The monoisotopic (exact) mass is 718 g/mol. The van der Waals surface area contributed by atoms with Crippen LogP contribution in [0.2, 0.25) is 0 Å². The van der Waals surface area contributed by atoms with Gasteiger partial charge in [-0.2, -0.15) is 0 Å². The number of aliphatic hydroxyl groups excluding tert-OH is 1. The second-order valence-electron chi connectivity index (χ2n) is 11.1. The lowest BCUT2D eigenvalue weighted by atomic mass is 9.84. The molecule has 0 saturated carbocycles. The van der Waals surface area contributed by atoms with Crippen molar-refractivity contribution in [2.75, 3.05) is 0 Å². The van der Waals surface area contributed by atoms with E-state index in [1.165, 1.54) is 72.9 Å². The SMILES string of the molecule is C=CCC(C)(C)CC(C)O/C(C=C)=C/C=C(\C=C)S(=O)(=O)/C(C=C)=C/C=C(\C=C)O/C(C=C)=C/C=C(\C=C)S(=O)(=O)/C(C=C)=C/C=C(/O)C=C. The average molecular weight is 719 g/mol. The first-order valence-corrected chi connectivity index (χ1v) is 18.2. The van der Waals surface area contributed by atoms with Crippen LogP contribution in [0.1, 0.15) is 33.6 Å². The molecular weight excluding hydrogens is 669 g/mol. The third-order valence-corrected chi connectivity index (χ3v) is 10.3. The van der Waals surface area contributed by atoms with Gasteiger partial charge in [0.25, 0.3) is 0 Å². The number of aliphatic hydroxyl groups is 1. The molecule has 7 nitrogen and oxygen atoms in total. The summed E-state index contributed by atoms with van der Waals surface area (Å²) in [5.74, 6) is 0.365. The van der Waals surface area contributed by atoms with Crippen molar-refractivity contribution in [3.05, 3.63) is 205 Å². The van der Waals surface area contributed by atoms with Crippen molar-refractivity contribution in [3.63, 3.8) is 0 Å². The predicted octanol–water partition coefficient (Wildman–Crippen LogP) is 10.3. The fourth-order valence-electron chi connectivity index (χ4n) is 4.18. The molecule has 1 N–H and O–H groups in total. The van der Waals surface area contributed by atoms with E-state index in [0.717, 1.165) is 37.1 Å². The number of rotatable bonds is 24. The van der Waals surface area contributed by atoms with Gasteiger partial charge in [-0.1, -0.05) is 96.9 Å². The molecule has 0 aromatic carbocycles. The summed E-state index contributed by atoms with van der Waals surface area (Å²) in [5, 5.41) is 9.60. The molecule has 50 heavy (non-hydrogen) atoms. The van der Waals surface area contributed by atoms with Crippen LogP contribution in [0.15, 0.2) is 205 Å². The fourth-order valence-corrected chi connectivity index (χ4v) is 6.59. The minimum Gasteiger partial charge on any atom is -0.508 e.